The Labute approximate surface area is 118 Å². The summed E-state index contributed by atoms with van der Waals surface area (Å²) in [6.45, 7) is 2.00. The van der Waals surface area contributed by atoms with E-state index in [9.17, 15) is 0 Å². The molecule has 1 heterocycles. The van der Waals surface area contributed by atoms with Crippen LogP contribution in [0.4, 0.5) is 0 Å². The number of benzene rings is 2. The van der Waals surface area contributed by atoms with Crippen LogP contribution in [0, 0.1) is 6.92 Å². The number of hydrogen-bond donors (Lipinski definition) is 1. The summed E-state index contributed by atoms with van der Waals surface area (Å²) < 4.78 is 0. The molecule has 3 nitrogen and oxygen atoms in total. The quantitative estimate of drug-likeness (QED) is 0.788. The molecule has 3 heteroatoms. The van der Waals surface area contributed by atoms with E-state index in [2.05, 4.69) is 57.7 Å². The van der Waals surface area contributed by atoms with Crippen LogP contribution in [-0.4, -0.2) is 17.0 Å². The van der Waals surface area contributed by atoms with Gasteiger partial charge in [-0.15, -0.1) is 0 Å². The van der Waals surface area contributed by atoms with Crippen molar-refractivity contribution in [3.63, 3.8) is 0 Å². The lowest BCUT2D eigenvalue weighted by atomic mass is 9.98. The molecule has 0 aliphatic heterocycles. The van der Waals surface area contributed by atoms with Crippen molar-refractivity contribution < 1.29 is 0 Å². The Kier molecular flexibility index (Phi) is 3.44. The molecule has 1 N–H and O–H groups in total. The van der Waals surface area contributed by atoms with Crippen LogP contribution in [-0.2, 0) is 0 Å². The summed E-state index contributed by atoms with van der Waals surface area (Å²) in [5.74, 6) is 0.800. The number of fused-ring (bicyclic) bond motifs is 1. The molecule has 3 rings (SSSR count). The van der Waals surface area contributed by atoms with Gasteiger partial charge in [-0.1, -0.05) is 42.5 Å². The molecular formula is C17H17N3. The van der Waals surface area contributed by atoms with Crippen molar-refractivity contribution >= 4 is 10.8 Å². The van der Waals surface area contributed by atoms with Crippen LogP contribution in [0.3, 0.4) is 0 Å². The van der Waals surface area contributed by atoms with E-state index in [1.807, 2.05) is 26.4 Å². The van der Waals surface area contributed by atoms with Gasteiger partial charge in [0, 0.05) is 12.4 Å². The zero-order valence-corrected chi connectivity index (χ0v) is 11.7. The van der Waals surface area contributed by atoms with Crippen molar-refractivity contribution in [1.82, 2.24) is 15.3 Å². The SMILES string of the molecule is CNC(c1ncc(C)cn1)c1cccc2ccccc12. The van der Waals surface area contributed by atoms with Crippen LogP contribution in [0.2, 0.25) is 0 Å². The molecule has 0 fully saturated rings. The molecule has 1 unspecified atom stereocenters. The fourth-order valence-corrected chi connectivity index (χ4v) is 2.48. The zero-order valence-electron chi connectivity index (χ0n) is 11.7. The second-order valence-corrected chi connectivity index (χ2v) is 4.91. The second kappa shape index (κ2) is 5.39. The van der Waals surface area contributed by atoms with Crippen LogP contribution >= 0.6 is 0 Å². The van der Waals surface area contributed by atoms with Gasteiger partial charge in [-0.2, -0.15) is 0 Å². The van der Waals surface area contributed by atoms with E-state index in [-0.39, 0.29) is 6.04 Å². The van der Waals surface area contributed by atoms with Crippen molar-refractivity contribution in [2.24, 2.45) is 0 Å². The molecule has 0 saturated carbocycles. The first-order chi connectivity index (χ1) is 9.79. The highest BCUT2D eigenvalue weighted by Crippen LogP contribution is 2.26. The van der Waals surface area contributed by atoms with Crippen molar-refractivity contribution in [2.45, 2.75) is 13.0 Å². The summed E-state index contributed by atoms with van der Waals surface area (Å²) in [5, 5.41) is 5.79. The highest BCUT2D eigenvalue weighted by Gasteiger charge is 2.16. The molecule has 2 aromatic carbocycles. The Bertz CT molecular complexity index is 714. The molecule has 0 radical (unpaired) electrons. The van der Waals surface area contributed by atoms with E-state index in [1.54, 1.807) is 0 Å². The maximum Gasteiger partial charge on any atom is 0.149 e. The number of rotatable bonds is 3. The van der Waals surface area contributed by atoms with Gasteiger partial charge in [0.2, 0.25) is 0 Å². The van der Waals surface area contributed by atoms with Gasteiger partial charge in [0.15, 0.2) is 0 Å². The number of hydrogen-bond acceptors (Lipinski definition) is 3. The minimum absolute atomic E-state index is 0.00157. The highest BCUT2D eigenvalue weighted by molar-refractivity contribution is 5.86. The molecule has 0 saturated heterocycles. The van der Waals surface area contributed by atoms with Crippen LogP contribution in [0.1, 0.15) is 23.0 Å². The highest BCUT2D eigenvalue weighted by atomic mass is 15.0. The molecule has 0 spiro atoms. The Morgan fingerprint density at radius 3 is 2.40 bits per heavy atom. The third kappa shape index (κ3) is 2.28. The molecule has 100 valence electrons. The molecule has 3 aromatic rings. The molecule has 0 aliphatic rings. The first kappa shape index (κ1) is 12.8. The predicted molar refractivity (Wildman–Crippen MR) is 81.6 cm³/mol. The lowest BCUT2D eigenvalue weighted by molar-refractivity contribution is 0.649. The van der Waals surface area contributed by atoms with Crippen LogP contribution < -0.4 is 5.32 Å². The van der Waals surface area contributed by atoms with Gasteiger partial charge in [-0.3, -0.25) is 0 Å². The Balaban J connectivity index is 2.14. The summed E-state index contributed by atoms with van der Waals surface area (Å²) >= 11 is 0. The van der Waals surface area contributed by atoms with Gasteiger partial charge in [0.1, 0.15) is 5.82 Å². The molecule has 0 aliphatic carbocycles. The maximum atomic E-state index is 4.46. The second-order valence-electron chi connectivity index (χ2n) is 4.91. The standard InChI is InChI=1S/C17H17N3/c1-12-10-19-17(20-11-12)16(18-2)15-9-5-7-13-6-3-4-8-14(13)15/h3-11,16,18H,1-2H3. The summed E-state index contributed by atoms with van der Waals surface area (Å²) in [6.07, 6.45) is 3.72. The minimum Gasteiger partial charge on any atom is -0.307 e. The van der Waals surface area contributed by atoms with Gasteiger partial charge in [0.05, 0.1) is 6.04 Å². The number of nitrogens with one attached hydrogen (secondary N) is 1. The first-order valence-electron chi connectivity index (χ1n) is 6.73. The first-order valence-corrected chi connectivity index (χ1v) is 6.73. The molecular weight excluding hydrogens is 246 g/mol. The van der Waals surface area contributed by atoms with Crippen LogP contribution in [0.5, 0.6) is 0 Å². The smallest absolute Gasteiger partial charge is 0.149 e. The normalized spacial score (nSPS) is 12.5. The van der Waals surface area contributed by atoms with Gasteiger partial charge >= 0.3 is 0 Å². The lowest BCUT2D eigenvalue weighted by Crippen LogP contribution is -2.20. The van der Waals surface area contributed by atoms with Crippen LogP contribution in [0.15, 0.2) is 54.9 Å². The number of aryl methyl sites for hydroxylation is 1. The van der Waals surface area contributed by atoms with E-state index in [4.69, 9.17) is 0 Å². The maximum absolute atomic E-state index is 4.46. The van der Waals surface area contributed by atoms with Crippen molar-refractivity contribution in [3.05, 3.63) is 71.8 Å². The molecule has 1 aromatic heterocycles. The van der Waals surface area contributed by atoms with E-state index >= 15 is 0 Å². The third-order valence-electron chi connectivity index (χ3n) is 3.48. The van der Waals surface area contributed by atoms with Crippen molar-refractivity contribution in [2.75, 3.05) is 7.05 Å². The average molecular weight is 263 g/mol. The zero-order chi connectivity index (χ0) is 13.9. The predicted octanol–water partition coefficient (Wildman–Crippen LogP) is 3.25. The molecule has 0 bridgehead atoms. The topological polar surface area (TPSA) is 37.8 Å². The summed E-state index contributed by atoms with van der Waals surface area (Å²) in [4.78, 5) is 8.92. The molecule has 1 atom stereocenters. The summed E-state index contributed by atoms with van der Waals surface area (Å²) in [5.41, 5.74) is 2.27. The monoisotopic (exact) mass is 263 g/mol. The lowest BCUT2D eigenvalue weighted by Gasteiger charge is -2.17. The van der Waals surface area contributed by atoms with E-state index in [1.165, 1.54) is 16.3 Å². The fraction of sp³-hybridized carbons (Fsp3) is 0.176. The summed E-state index contributed by atoms with van der Waals surface area (Å²) in [7, 11) is 1.94. The van der Waals surface area contributed by atoms with Crippen molar-refractivity contribution in [1.29, 1.82) is 0 Å². The van der Waals surface area contributed by atoms with E-state index < -0.39 is 0 Å². The number of aromatic nitrogens is 2. The minimum atomic E-state index is 0.00157. The average Bonchev–Trinajstić information content (AvgIpc) is 2.50. The Morgan fingerprint density at radius 2 is 1.65 bits per heavy atom. The largest absolute Gasteiger partial charge is 0.307 e. The fourth-order valence-electron chi connectivity index (χ4n) is 2.48. The van der Waals surface area contributed by atoms with Gasteiger partial charge < -0.3 is 5.32 Å². The molecule has 20 heavy (non-hydrogen) atoms. The molecule has 0 amide bonds. The van der Waals surface area contributed by atoms with E-state index in [0.29, 0.717) is 0 Å². The van der Waals surface area contributed by atoms with Gasteiger partial charge in [-0.05, 0) is 35.9 Å². The summed E-state index contributed by atoms with van der Waals surface area (Å²) in [6, 6.07) is 14.7. The van der Waals surface area contributed by atoms with Crippen molar-refractivity contribution in [3.8, 4) is 0 Å². The Morgan fingerprint density at radius 1 is 0.950 bits per heavy atom. The third-order valence-corrected chi connectivity index (χ3v) is 3.48. The number of nitrogens with zero attached hydrogens (tertiary/aromatic N) is 2. The van der Waals surface area contributed by atoms with Crippen LogP contribution in [0.25, 0.3) is 10.8 Å². The van der Waals surface area contributed by atoms with Gasteiger partial charge in [0.25, 0.3) is 0 Å². The Hall–Kier alpha value is -2.26. The van der Waals surface area contributed by atoms with Gasteiger partial charge in [-0.25, -0.2) is 9.97 Å². The van der Waals surface area contributed by atoms with E-state index in [0.717, 1.165) is 11.4 Å².